The Hall–Kier alpha value is -2.43. The molecule has 21 heavy (non-hydrogen) atoms. The Bertz CT molecular complexity index is 572. The molecule has 5 heteroatoms. The zero-order valence-electron chi connectivity index (χ0n) is 11.8. The zero-order chi connectivity index (χ0) is 14.5. The molecule has 3 rings (SSSR count). The first-order valence-electron chi connectivity index (χ1n) is 7.23. The van der Waals surface area contributed by atoms with Gasteiger partial charge in [0.05, 0.1) is 12.8 Å². The third kappa shape index (κ3) is 3.56. The lowest BCUT2D eigenvalue weighted by Gasteiger charge is -2.17. The van der Waals surface area contributed by atoms with Crippen molar-refractivity contribution in [2.45, 2.75) is 19.4 Å². The lowest BCUT2D eigenvalue weighted by Crippen LogP contribution is -2.28. The number of rotatable bonds is 4. The highest BCUT2D eigenvalue weighted by Crippen LogP contribution is 2.21. The molecule has 1 fully saturated rings. The van der Waals surface area contributed by atoms with Crippen molar-refractivity contribution in [1.29, 1.82) is 0 Å². The van der Waals surface area contributed by atoms with Crippen LogP contribution in [0.3, 0.4) is 0 Å². The van der Waals surface area contributed by atoms with Crippen LogP contribution in [0.4, 0.5) is 16.2 Å². The molecule has 0 saturated carbocycles. The van der Waals surface area contributed by atoms with Gasteiger partial charge in [0, 0.05) is 24.5 Å². The number of anilines is 2. The maximum Gasteiger partial charge on any atom is 0.319 e. The number of nitrogens with zero attached hydrogens (tertiary/aromatic N) is 1. The summed E-state index contributed by atoms with van der Waals surface area (Å²) in [5, 5.41) is 5.56. The van der Waals surface area contributed by atoms with E-state index in [0.29, 0.717) is 6.54 Å². The van der Waals surface area contributed by atoms with E-state index < -0.39 is 0 Å². The van der Waals surface area contributed by atoms with E-state index in [1.807, 2.05) is 30.3 Å². The Balaban J connectivity index is 1.51. The SMILES string of the molecule is O=C(NCc1ccco1)Nc1ccc(N2CCCC2)cc1. The highest BCUT2D eigenvalue weighted by atomic mass is 16.3. The summed E-state index contributed by atoms with van der Waals surface area (Å²) in [4.78, 5) is 14.1. The lowest BCUT2D eigenvalue weighted by molar-refractivity contribution is 0.251. The van der Waals surface area contributed by atoms with Crippen molar-refractivity contribution in [3.63, 3.8) is 0 Å². The molecular weight excluding hydrogens is 266 g/mol. The average Bonchev–Trinajstić information content (AvgIpc) is 3.19. The number of benzene rings is 1. The molecule has 5 nitrogen and oxygen atoms in total. The number of amides is 2. The monoisotopic (exact) mass is 285 g/mol. The number of hydrogen-bond acceptors (Lipinski definition) is 3. The van der Waals surface area contributed by atoms with Gasteiger partial charge >= 0.3 is 6.03 Å². The third-order valence-corrected chi connectivity index (χ3v) is 3.60. The second-order valence-electron chi connectivity index (χ2n) is 5.13. The first kappa shape index (κ1) is 13.5. The standard InChI is InChI=1S/C16H19N3O2/c20-16(17-12-15-4-3-11-21-15)18-13-5-7-14(8-6-13)19-9-1-2-10-19/h3-8,11H,1-2,9-10,12H2,(H2,17,18,20). The fourth-order valence-electron chi connectivity index (χ4n) is 2.49. The summed E-state index contributed by atoms with van der Waals surface area (Å²) in [6.45, 7) is 2.62. The van der Waals surface area contributed by atoms with E-state index in [9.17, 15) is 4.79 Å². The summed E-state index contributed by atoms with van der Waals surface area (Å²) in [6.07, 6.45) is 4.11. The molecule has 0 bridgehead atoms. The van der Waals surface area contributed by atoms with Crippen molar-refractivity contribution < 1.29 is 9.21 Å². The van der Waals surface area contributed by atoms with Gasteiger partial charge in [-0.1, -0.05) is 0 Å². The van der Waals surface area contributed by atoms with Crippen LogP contribution < -0.4 is 15.5 Å². The molecule has 2 heterocycles. The predicted octanol–water partition coefficient (Wildman–Crippen LogP) is 3.20. The minimum atomic E-state index is -0.236. The molecule has 110 valence electrons. The van der Waals surface area contributed by atoms with Gasteiger partial charge in [0.15, 0.2) is 0 Å². The molecule has 1 aliphatic rings. The Morgan fingerprint density at radius 2 is 1.90 bits per heavy atom. The molecule has 1 aromatic heterocycles. The van der Waals surface area contributed by atoms with E-state index in [-0.39, 0.29) is 6.03 Å². The third-order valence-electron chi connectivity index (χ3n) is 3.60. The summed E-state index contributed by atoms with van der Waals surface area (Å²) in [6, 6.07) is 11.3. The molecule has 0 unspecified atom stereocenters. The van der Waals surface area contributed by atoms with Crippen molar-refractivity contribution in [3.05, 3.63) is 48.4 Å². The van der Waals surface area contributed by atoms with E-state index in [2.05, 4.69) is 15.5 Å². The van der Waals surface area contributed by atoms with E-state index in [1.165, 1.54) is 18.5 Å². The van der Waals surface area contributed by atoms with Crippen LogP contribution in [-0.2, 0) is 6.54 Å². The van der Waals surface area contributed by atoms with Crippen LogP contribution in [0.25, 0.3) is 0 Å². The van der Waals surface area contributed by atoms with E-state index in [4.69, 9.17) is 4.42 Å². The van der Waals surface area contributed by atoms with Crippen LogP contribution in [0.2, 0.25) is 0 Å². The second kappa shape index (κ2) is 6.35. The molecule has 1 saturated heterocycles. The average molecular weight is 285 g/mol. The van der Waals surface area contributed by atoms with Gasteiger partial charge in [-0.15, -0.1) is 0 Å². The highest BCUT2D eigenvalue weighted by molar-refractivity contribution is 5.89. The number of nitrogens with one attached hydrogen (secondary N) is 2. The largest absolute Gasteiger partial charge is 0.467 e. The Morgan fingerprint density at radius 3 is 2.57 bits per heavy atom. The maximum atomic E-state index is 11.8. The normalized spacial score (nSPS) is 14.2. The molecule has 0 spiro atoms. The fraction of sp³-hybridized carbons (Fsp3) is 0.312. The van der Waals surface area contributed by atoms with E-state index in [1.54, 1.807) is 12.3 Å². The Kier molecular flexibility index (Phi) is 4.09. The lowest BCUT2D eigenvalue weighted by atomic mass is 10.2. The van der Waals surface area contributed by atoms with Gasteiger partial charge in [-0.25, -0.2) is 4.79 Å². The number of hydrogen-bond donors (Lipinski definition) is 2. The summed E-state index contributed by atoms with van der Waals surface area (Å²) in [7, 11) is 0. The van der Waals surface area contributed by atoms with Crippen LogP contribution in [0.15, 0.2) is 47.1 Å². The first-order valence-corrected chi connectivity index (χ1v) is 7.23. The molecule has 2 aromatic rings. The summed E-state index contributed by atoms with van der Waals surface area (Å²) in [5.74, 6) is 0.731. The van der Waals surface area contributed by atoms with Crippen molar-refractivity contribution in [2.24, 2.45) is 0 Å². The van der Waals surface area contributed by atoms with Gasteiger partial charge < -0.3 is 20.0 Å². The minimum Gasteiger partial charge on any atom is -0.467 e. The van der Waals surface area contributed by atoms with Gasteiger partial charge in [0.25, 0.3) is 0 Å². The maximum absolute atomic E-state index is 11.8. The molecule has 1 aromatic carbocycles. The number of carbonyl (C=O) groups is 1. The van der Waals surface area contributed by atoms with Crippen LogP contribution in [-0.4, -0.2) is 19.1 Å². The number of carbonyl (C=O) groups excluding carboxylic acids is 1. The summed E-state index contributed by atoms with van der Waals surface area (Å²) in [5.41, 5.74) is 2.00. The minimum absolute atomic E-state index is 0.236. The summed E-state index contributed by atoms with van der Waals surface area (Å²) < 4.78 is 5.16. The van der Waals surface area contributed by atoms with Gasteiger partial charge in [-0.05, 0) is 49.2 Å². The van der Waals surface area contributed by atoms with Gasteiger partial charge in [-0.3, -0.25) is 0 Å². The first-order chi connectivity index (χ1) is 10.3. The predicted molar refractivity (Wildman–Crippen MR) is 82.5 cm³/mol. The zero-order valence-corrected chi connectivity index (χ0v) is 11.8. The van der Waals surface area contributed by atoms with Crippen molar-refractivity contribution in [1.82, 2.24) is 5.32 Å². The topological polar surface area (TPSA) is 57.5 Å². The molecule has 0 aliphatic carbocycles. The Labute approximate surface area is 123 Å². The number of urea groups is 1. The van der Waals surface area contributed by atoms with E-state index >= 15 is 0 Å². The highest BCUT2D eigenvalue weighted by Gasteiger charge is 2.12. The van der Waals surface area contributed by atoms with Crippen molar-refractivity contribution >= 4 is 17.4 Å². The van der Waals surface area contributed by atoms with Crippen molar-refractivity contribution in [3.8, 4) is 0 Å². The van der Waals surface area contributed by atoms with Crippen LogP contribution in [0.5, 0.6) is 0 Å². The molecule has 0 radical (unpaired) electrons. The number of furan rings is 1. The molecule has 0 atom stereocenters. The second-order valence-corrected chi connectivity index (χ2v) is 5.13. The smallest absolute Gasteiger partial charge is 0.319 e. The van der Waals surface area contributed by atoms with Crippen LogP contribution in [0, 0.1) is 0 Å². The molecule has 2 amide bonds. The van der Waals surface area contributed by atoms with Crippen LogP contribution >= 0.6 is 0 Å². The Morgan fingerprint density at radius 1 is 1.14 bits per heavy atom. The molecular formula is C16H19N3O2. The fourth-order valence-corrected chi connectivity index (χ4v) is 2.49. The van der Waals surface area contributed by atoms with Gasteiger partial charge in [-0.2, -0.15) is 0 Å². The van der Waals surface area contributed by atoms with Crippen LogP contribution in [0.1, 0.15) is 18.6 Å². The molecule has 2 N–H and O–H groups in total. The van der Waals surface area contributed by atoms with Crippen molar-refractivity contribution in [2.75, 3.05) is 23.3 Å². The van der Waals surface area contributed by atoms with Gasteiger partial charge in [0.1, 0.15) is 5.76 Å². The summed E-state index contributed by atoms with van der Waals surface area (Å²) >= 11 is 0. The molecule has 1 aliphatic heterocycles. The van der Waals surface area contributed by atoms with E-state index in [0.717, 1.165) is 24.5 Å². The quantitative estimate of drug-likeness (QED) is 0.907. The van der Waals surface area contributed by atoms with Gasteiger partial charge in [0.2, 0.25) is 0 Å².